The second-order valence-electron chi connectivity index (χ2n) is 3.98. The van der Waals surface area contributed by atoms with Gasteiger partial charge in [0.1, 0.15) is 5.75 Å². The summed E-state index contributed by atoms with van der Waals surface area (Å²) < 4.78 is 0. The van der Waals surface area contributed by atoms with Gasteiger partial charge in [-0.1, -0.05) is 19.4 Å². The highest BCUT2D eigenvalue weighted by Gasteiger charge is 2.14. The number of hydrogen-bond donors (Lipinski definition) is 2. The molecule has 3 N–H and O–H groups in total. The highest BCUT2D eigenvalue weighted by molar-refractivity contribution is 5.94. The van der Waals surface area contributed by atoms with Crippen molar-refractivity contribution in [2.45, 2.75) is 19.8 Å². The molecular formula is C13H20N2O2. The fourth-order valence-corrected chi connectivity index (χ4v) is 1.64. The van der Waals surface area contributed by atoms with Crippen LogP contribution in [0.1, 0.15) is 30.1 Å². The van der Waals surface area contributed by atoms with Crippen molar-refractivity contribution in [3.05, 3.63) is 29.8 Å². The van der Waals surface area contributed by atoms with Crippen LogP contribution in [0.4, 0.5) is 0 Å². The minimum Gasteiger partial charge on any atom is -0.508 e. The molecule has 0 unspecified atom stereocenters. The second kappa shape index (κ2) is 6.91. The van der Waals surface area contributed by atoms with Crippen molar-refractivity contribution in [1.82, 2.24) is 4.90 Å². The van der Waals surface area contributed by atoms with Crippen molar-refractivity contribution < 1.29 is 9.90 Å². The molecule has 94 valence electrons. The molecule has 0 aromatic heterocycles. The lowest BCUT2D eigenvalue weighted by Crippen LogP contribution is -2.36. The van der Waals surface area contributed by atoms with Crippen molar-refractivity contribution in [2.75, 3.05) is 19.6 Å². The average molecular weight is 236 g/mol. The Morgan fingerprint density at radius 1 is 1.41 bits per heavy atom. The number of aromatic hydroxyl groups is 1. The van der Waals surface area contributed by atoms with Gasteiger partial charge in [-0.2, -0.15) is 0 Å². The van der Waals surface area contributed by atoms with Gasteiger partial charge >= 0.3 is 0 Å². The monoisotopic (exact) mass is 236 g/mol. The number of phenols is 1. The minimum atomic E-state index is -0.0696. The molecule has 1 aromatic carbocycles. The normalized spacial score (nSPS) is 10.2. The van der Waals surface area contributed by atoms with Gasteiger partial charge in [-0.25, -0.2) is 0 Å². The van der Waals surface area contributed by atoms with Gasteiger partial charge in [0.05, 0.1) is 0 Å². The van der Waals surface area contributed by atoms with Gasteiger partial charge in [0.15, 0.2) is 0 Å². The molecule has 1 aromatic rings. The van der Waals surface area contributed by atoms with Crippen molar-refractivity contribution in [2.24, 2.45) is 5.73 Å². The average Bonchev–Trinajstić information content (AvgIpc) is 2.33. The zero-order valence-corrected chi connectivity index (χ0v) is 10.2. The van der Waals surface area contributed by atoms with Gasteiger partial charge in [0.25, 0.3) is 5.91 Å². The van der Waals surface area contributed by atoms with Crippen molar-refractivity contribution in [3.63, 3.8) is 0 Å². The van der Waals surface area contributed by atoms with E-state index < -0.39 is 0 Å². The number of benzene rings is 1. The number of carbonyl (C=O) groups excluding carboxylic acids is 1. The van der Waals surface area contributed by atoms with Crippen LogP contribution < -0.4 is 5.73 Å². The highest BCUT2D eigenvalue weighted by Crippen LogP contribution is 2.13. The zero-order valence-electron chi connectivity index (χ0n) is 10.2. The molecule has 0 saturated heterocycles. The van der Waals surface area contributed by atoms with Crippen LogP contribution in [0.2, 0.25) is 0 Å². The van der Waals surface area contributed by atoms with Crippen molar-refractivity contribution in [1.29, 1.82) is 0 Å². The molecule has 0 heterocycles. The number of carbonyl (C=O) groups is 1. The molecule has 0 radical (unpaired) electrons. The van der Waals surface area contributed by atoms with Crippen LogP contribution in [0.15, 0.2) is 24.3 Å². The lowest BCUT2D eigenvalue weighted by Gasteiger charge is -2.21. The molecule has 17 heavy (non-hydrogen) atoms. The molecule has 4 heteroatoms. The quantitative estimate of drug-likeness (QED) is 0.788. The Labute approximate surface area is 102 Å². The summed E-state index contributed by atoms with van der Waals surface area (Å²) in [6.45, 7) is 3.80. The van der Waals surface area contributed by atoms with Crippen LogP contribution in [-0.2, 0) is 0 Å². The van der Waals surface area contributed by atoms with E-state index in [1.807, 2.05) is 0 Å². The number of nitrogens with two attached hydrogens (primary N) is 1. The third-order valence-electron chi connectivity index (χ3n) is 2.56. The minimum absolute atomic E-state index is 0.0696. The zero-order chi connectivity index (χ0) is 12.7. The van der Waals surface area contributed by atoms with Crippen molar-refractivity contribution in [3.8, 4) is 5.75 Å². The van der Waals surface area contributed by atoms with E-state index in [1.54, 1.807) is 23.1 Å². The second-order valence-corrected chi connectivity index (χ2v) is 3.98. The number of rotatable bonds is 6. The van der Waals surface area contributed by atoms with E-state index in [4.69, 9.17) is 5.73 Å². The largest absolute Gasteiger partial charge is 0.508 e. The van der Waals surface area contributed by atoms with Gasteiger partial charge in [-0.05, 0) is 24.6 Å². The number of hydrogen-bond acceptors (Lipinski definition) is 3. The van der Waals surface area contributed by atoms with E-state index in [-0.39, 0.29) is 11.7 Å². The molecule has 0 bridgehead atoms. The maximum absolute atomic E-state index is 12.2. The Kier molecular flexibility index (Phi) is 5.49. The standard InChI is InChI=1S/C13H20N2O2/c1-2-3-8-15(9-7-14)13(17)11-5-4-6-12(16)10-11/h4-6,10,16H,2-3,7-9,14H2,1H3. The van der Waals surface area contributed by atoms with E-state index in [0.29, 0.717) is 25.2 Å². The van der Waals surface area contributed by atoms with Crippen LogP contribution in [0, 0.1) is 0 Å². The Bertz CT molecular complexity index is 366. The summed E-state index contributed by atoms with van der Waals surface area (Å²) in [5.74, 6) is 0.0406. The first kappa shape index (κ1) is 13.5. The molecule has 0 aliphatic rings. The van der Waals surface area contributed by atoms with E-state index >= 15 is 0 Å². The SMILES string of the molecule is CCCCN(CCN)C(=O)c1cccc(O)c1. The summed E-state index contributed by atoms with van der Waals surface area (Å²) >= 11 is 0. The maximum atomic E-state index is 12.2. The molecular weight excluding hydrogens is 216 g/mol. The van der Waals surface area contributed by atoms with Gasteiger partial charge in [-0.15, -0.1) is 0 Å². The van der Waals surface area contributed by atoms with Crippen LogP contribution in [-0.4, -0.2) is 35.5 Å². The Hall–Kier alpha value is -1.55. The Balaban J connectivity index is 2.76. The summed E-state index contributed by atoms with van der Waals surface area (Å²) in [6.07, 6.45) is 2.00. The van der Waals surface area contributed by atoms with E-state index in [1.165, 1.54) is 6.07 Å². The molecule has 1 amide bonds. The number of phenolic OH excluding ortho intramolecular Hbond substituents is 1. The highest BCUT2D eigenvalue weighted by atomic mass is 16.3. The predicted molar refractivity (Wildman–Crippen MR) is 68.0 cm³/mol. The van der Waals surface area contributed by atoms with E-state index in [2.05, 4.69) is 6.92 Å². The maximum Gasteiger partial charge on any atom is 0.254 e. The summed E-state index contributed by atoms with van der Waals surface area (Å²) in [6, 6.07) is 6.41. The van der Waals surface area contributed by atoms with Crippen LogP contribution in [0.25, 0.3) is 0 Å². The topological polar surface area (TPSA) is 66.6 Å². The van der Waals surface area contributed by atoms with E-state index in [9.17, 15) is 9.90 Å². The first-order valence-electron chi connectivity index (χ1n) is 5.97. The summed E-state index contributed by atoms with van der Waals surface area (Å²) in [5.41, 5.74) is 6.01. The summed E-state index contributed by atoms with van der Waals surface area (Å²) in [5, 5.41) is 9.35. The summed E-state index contributed by atoms with van der Waals surface area (Å²) in [4.78, 5) is 13.9. The molecule has 0 aliphatic heterocycles. The van der Waals surface area contributed by atoms with Gasteiger partial charge in [0, 0.05) is 25.2 Å². The van der Waals surface area contributed by atoms with Crippen molar-refractivity contribution >= 4 is 5.91 Å². The Morgan fingerprint density at radius 2 is 2.18 bits per heavy atom. The molecule has 0 saturated carbocycles. The number of unbranched alkanes of at least 4 members (excludes halogenated alkanes) is 1. The van der Waals surface area contributed by atoms with E-state index in [0.717, 1.165) is 12.8 Å². The van der Waals surface area contributed by atoms with Crippen LogP contribution in [0.3, 0.4) is 0 Å². The number of amides is 1. The molecule has 0 spiro atoms. The fraction of sp³-hybridized carbons (Fsp3) is 0.462. The molecule has 4 nitrogen and oxygen atoms in total. The summed E-state index contributed by atoms with van der Waals surface area (Å²) in [7, 11) is 0. The molecule has 1 rings (SSSR count). The van der Waals surface area contributed by atoms with Gasteiger partial charge < -0.3 is 15.7 Å². The van der Waals surface area contributed by atoms with Gasteiger partial charge in [0.2, 0.25) is 0 Å². The molecule has 0 aliphatic carbocycles. The first-order chi connectivity index (χ1) is 8.19. The van der Waals surface area contributed by atoms with Gasteiger partial charge in [-0.3, -0.25) is 4.79 Å². The lowest BCUT2D eigenvalue weighted by atomic mass is 10.1. The molecule has 0 atom stereocenters. The van der Waals surface area contributed by atoms with Crippen LogP contribution >= 0.6 is 0 Å². The third-order valence-corrected chi connectivity index (χ3v) is 2.56. The number of nitrogens with zero attached hydrogens (tertiary/aromatic N) is 1. The fourth-order valence-electron chi connectivity index (χ4n) is 1.64. The Morgan fingerprint density at radius 3 is 2.76 bits per heavy atom. The van der Waals surface area contributed by atoms with Crippen LogP contribution in [0.5, 0.6) is 5.75 Å². The third kappa shape index (κ3) is 4.07. The molecule has 0 fully saturated rings. The smallest absolute Gasteiger partial charge is 0.254 e. The lowest BCUT2D eigenvalue weighted by molar-refractivity contribution is 0.0757. The predicted octanol–water partition coefficient (Wildman–Crippen LogP) is 1.59. The first-order valence-corrected chi connectivity index (χ1v) is 5.97.